The third-order valence-corrected chi connectivity index (χ3v) is 7.11. The largest absolute Gasteiger partial charge is 0.493 e. The summed E-state index contributed by atoms with van der Waals surface area (Å²) in [5.74, 6) is -0.379. The number of hydrogen-bond acceptors (Lipinski definition) is 5. The zero-order valence-corrected chi connectivity index (χ0v) is 21.9. The summed E-state index contributed by atoms with van der Waals surface area (Å²) in [5.41, 5.74) is 0.417. The standard InChI is InChI=1S/C29H32F4N4O2/c1-3-39-26-7-5-4-6-22(26)24-10-8-21(19-36-24)28(27(38)35-15-14-34-2)12-16-37(17-13-28)25-11-9-20(18-23(25)30)29(31,32)33/h4-11,18-19,34H,3,12-17H2,1-2H3,(H,35,38). The van der Waals surface area contributed by atoms with Gasteiger partial charge in [0.1, 0.15) is 11.6 Å². The molecule has 0 unspecified atom stereocenters. The van der Waals surface area contributed by atoms with Crippen LogP contribution in [-0.4, -0.2) is 50.7 Å². The van der Waals surface area contributed by atoms with Crippen molar-refractivity contribution >= 4 is 11.6 Å². The normalized spacial score (nSPS) is 15.2. The van der Waals surface area contributed by atoms with Gasteiger partial charge in [-0.05, 0) is 68.8 Å². The summed E-state index contributed by atoms with van der Waals surface area (Å²) in [7, 11) is 1.79. The molecule has 0 bridgehead atoms. The van der Waals surface area contributed by atoms with Gasteiger partial charge in [0, 0.05) is 37.9 Å². The summed E-state index contributed by atoms with van der Waals surface area (Å²) in [5, 5.41) is 5.99. The Bertz CT molecular complexity index is 1270. The lowest BCUT2D eigenvalue weighted by Crippen LogP contribution is -2.52. The topological polar surface area (TPSA) is 66.5 Å². The zero-order valence-electron chi connectivity index (χ0n) is 21.9. The molecule has 2 heterocycles. The van der Waals surface area contributed by atoms with Crippen LogP contribution in [0.1, 0.15) is 30.9 Å². The van der Waals surface area contributed by atoms with Crippen LogP contribution < -0.4 is 20.3 Å². The van der Waals surface area contributed by atoms with E-state index in [0.717, 1.165) is 23.3 Å². The highest BCUT2D eigenvalue weighted by Gasteiger charge is 2.43. The number of hydrogen-bond donors (Lipinski definition) is 2. The van der Waals surface area contributed by atoms with E-state index in [2.05, 4.69) is 15.6 Å². The molecule has 1 aliphatic rings. The van der Waals surface area contributed by atoms with Crippen LogP contribution in [0.25, 0.3) is 11.3 Å². The average molecular weight is 545 g/mol. The van der Waals surface area contributed by atoms with E-state index in [1.807, 2.05) is 43.3 Å². The van der Waals surface area contributed by atoms with E-state index < -0.39 is 23.0 Å². The van der Waals surface area contributed by atoms with E-state index >= 15 is 0 Å². The maximum Gasteiger partial charge on any atom is 0.416 e. The van der Waals surface area contributed by atoms with Gasteiger partial charge in [-0.1, -0.05) is 18.2 Å². The summed E-state index contributed by atoms with van der Waals surface area (Å²) >= 11 is 0. The average Bonchev–Trinajstić information content (AvgIpc) is 2.93. The first kappa shape index (κ1) is 28.4. The summed E-state index contributed by atoms with van der Waals surface area (Å²) < 4.78 is 59.4. The highest BCUT2D eigenvalue weighted by molar-refractivity contribution is 5.88. The third kappa shape index (κ3) is 6.16. The second-order valence-electron chi connectivity index (χ2n) is 9.45. The van der Waals surface area contributed by atoms with Crippen LogP contribution in [0, 0.1) is 5.82 Å². The number of amides is 1. The highest BCUT2D eigenvalue weighted by atomic mass is 19.4. The molecule has 39 heavy (non-hydrogen) atoms. The van der Waals surface area contributed by atoms with Crippen LogP contribution in [0.3, 0.4) is 0 Å². The number of pyridine rings is 1. The maximum absolute atomic E-state index is 14.7. The number of aromatic nitrogens is 1. The number of likely N-dealkylation sites (N-methyl/N-ethyl adjacent to an activating group) is 1. The predicted molar refractivity (Wildman–Crippen MR) is 142 cm³/mol. The fourth-order valence-corrected chi connectivity index (χ4v) is 4.98. The molecule has 0 radical (unpaired) electrons. The molecule has 0 spiro atoms. The minimum atomic E-state index is -4.62. The van der Waals surface area contributed by atoms with Crippen LogP contribution in [-0.2, 0) is 16.4 Å². The van der Waals surface area contributed by atoms with E-state index in [4.69, 9.17) is 4.74 Å². The molecule has 1 aliphatic heterocycles. The predicted octanol–water partition coefficient (Wildman–Crippen LogP) is 5.18. The number of piperidine rings is 1. The Hall–Kier alpha value is -3.66. The Labute approximate surface area is 225 Å². The van der Waals surface area contributed by atoms with Crippen LogP contribution in [0.2, 0.25) is 0 Å². The second-order valence-corrected chi connectivity index (χ2v) is 9.45. The number of nitrogens with one attached hydrogen (secondary N) is 2. The van der Waals surface area contributed by atoms with Gasteiger partial charge in [-0.25, -0.2) is 4.39 Å². The molecule has 1 fully saturated rings. The van der Waals surface area contributed by atoms with Crippen molar-refractivity contribution in [3.63, 3.8) is 0 Å². The molecule has 4 rings (SSSR count). The van der Waals surface area contributed by atoms with Crippen LogP contribution in [0.4, 0.5) is 23.2 Å². The number of carbonyl (C=O) groups excluding carboxylic acids is 1. The molecule has 1 aromatic heterocycles. The van der Waals surface area contributed by atoms with Gasteiger partial charge >= 0.3 is 6.18 Å². The lowest BCUT2D eigenvalue weighted by Gasteiger charge is -2.42. The first-order valence-electron chi connectivity index (χ1n) is 12.9. The molecule has 3 aromatic rings. The minimum Gasteiger partial charge on any atom is -0.493 e. The van der Waals surface area contributed by atoms with E-state index in [-0.39, 0.29) is 24.7 Å². The van der Waals surface area contributed by atoms with Gasteiger partial charge in [0.15, 0.2) is 0 Å². The van der Waals surface area contributed by atoms with Crippen molar-refractivity contribution in [3.8, 4) is 17.0 Å². The molecule has 2 N–H and O–H groups in total. The number of carbonyl (C=O) groups is 1. The van der Waals surface area contributed by atoms with Gasteiger partial charge < -0.3 is 20.3 Å². The number of halogens is 4. The van der Waals surface area contributed by atoms with Crippen molar-refractivity contribution in [2.45, 2.75) is 31.4 Å². The van der Waals surface area contributed by atoms with Crippen molar-refractivity contribution in [1.82, 2.24) is 15.6 Å². The van der Waals surface area contributed by atoms with Crippen LogP contribution >= 0.6 is 0 Å². The molecule has 0 atom stereocenters. The van der Waals surface area contributed by atoms with Gasteiger partial charge in [0.25, 0.3) is 0 Å². The molecule has 1 saturated heterocycles. The van der Waals surface area contributed by atoms with Gasteiger partial charge in [-0.3, -0.25) is 9.78 Å². The Kier molecular flexibility index (Phi) is 8.74. The van der Waals surface area contributed by atoms with Gasteiger partial charge in [-0.15, -0.1) is 0 Å². The number of nitrogens with zero attached hydrogens (tertiary/aromatic N) is 2. The third-order valence-electron chi connectivity index (χ3n) is 7.11. The number of ether oxygens (including phenoxy) is 1. The number of benzene rings is 2. The van der Waals surface area contributed by atoms with Crippen molar-refractivity contribution in [3.05, 3.63) is 77.7 Å². The summed E-state index contributed by atoms with van der Waals surface area (Å²) in [6.45, 7) is 4.03. The van der Waals surface area contributed by atoms with Crippen LogP contribution in [0.15, 0.2) is 60.8 Å². The van der Waals surface area contributed by atoms with Gasteiger partial charge in [0.05, 0.1) is 29.0 Å². The number of alkyl halides is 3. The zero-order chi connectivity index (χ0) is 28.0. The van der Waals surface area contributed by atoms with Gasteiger partial charge in [-0.2, -0.15) is 13.2 Å². The molecule has 0 saturated carbocycles. The summed E-state index contributed by atoms with van der Waals surface area (Å²) in [4.78, 5) is 19.9. The molecular weight excluding hydrogens is 512 g/mol. The molecule has 2 aromatic carbocycles. The van der Waals surface area contributed by atoms with Crippen LogP contribution in [0.5, 0.6) is 5.75 Å². The Morgan fingerprint density at radius 3 is 2.44 bits per heavy atom. The Morgan fingerprint density at radius 2 is 1.82 bits per heavy atom. The Balaban J connectivity index is 1.60. The quantitative estimate of drug-likeness (QED) is 0.287. The number of anilines is 1. The monoisotopic (exact) mass is 544 g/mol. The molecule has 1 amide bonds. The highest BCUT2D eigenvalue weighted by Crippen LogP contribution is 2.40. The van der Waals surface area contributed by atoms with Crippen molar-refractivity contribution < 1.29 is 27.1 Å². The second kappa shape index (κ2) is 12.0. The smallest absolute Gasteiger partial charge is 0.416 e. The maximum atomic E-state index is 14.7. The molecule has 208 valence electrons. The summed E-state index contributed by atoms with van der Waals surface area (Å²) in [6.07, 6.45) is -2.24. The van der Waals surface area contributed by atoms with Crippen molar-refractivity contribution in [1.29, 1.82) is 0 Å². The number of rotatable bonds is 9. The van der Waals surface area contributed by atoms with E-state index in [9.17, 15) is 22.4 Å². The molecule has 10 heteroatoms. The lowest BCUT2D eigenvalue weighted by atomic mass is 9.72. The first-order chi connectivity index (χ1) is 18.7. The fourth-order valence-electron chi connectivity index (χ4n) is 4.98. The van der Waals surface area contributed by atoms with Crippen molar-refractivity contribution in [2.24, 2.45) is 0 Å². The fraction of sp³-hybridized carbons (Fsp3) is 0.379. The number of para-hydroxylation sites is 1. The molecule has 6 nitrogen and oxygen atoms in total. The van der Waals surface area contributed by atoms with E-state index in [0.29, 0.717) is 50.0 Å². The SMILES string of the molecule is CCOc1ccccc1-c1ccc(C2(C(=O)NCCNC)CCN(c3ccc(C(F)(F)F)cc3F)CC2)cn1. The lowest BCUT2D eigenvalue weighted by molar-refractivity contribution is -0.137. The summed E-state index contributed by atoms with van der Waals surface area (Å²) in [6, 6.07) is 13.9. The Morgan fingerprint density at radius 1 is 1.08 bits per heavy atom. The first-order valence-corrected chi connectivity index (χ1v) is 12.9. The minimum absolute atomic E-state index is 0.0909. The van der Waals surface area contributed by atoms with E-state index in [1.165, 1.54) is 0 Å². The van der Waals surface area contributed by atoms with Crippen molar-refractivity contribution in [2.75, 3.05) is 44.7 Å². The molecular formula is C29H32F4N4O2. The van der Waals surface area contributed by atoms with E-state index in [1.54, 1.807) is 18.1 Å². The van der Waals surface area contributed by atoms with Gasteiger partial charge in [0.2, 0.25) is 5.91 Å². The molecule has 0 aliphatic carbocycles.